The van der Waals surface area contributed by atoms with Crippen LogP contribution in [0.1, 0.15) is 29.7 Å². The smallest absolute Gasteiger partial charge is 0.147 e. The highest BCUT2D eigenvalue weighted by Gasteiger charge is 2.08. The van der Waals surface area contributed by atoms with Crippen LogP contribution >= 0.6 is 0 Å². The summed E-state index contributed by atoms with van der Waals surface area (Å²) in [5.74, 6) is -0.276. The van der Waals surface area contributed by atoms with E-state index in [-0.39, 0.29) is 18.5 Å². The molecule has 24 heavy (non-hydrogen) atoms. The average molecular weight is 325 g/mol. The predicted molar refractivity (Wildman–Crippen MR) is 91.1 cm³/mol. The molecule has 124 valence electrons. The van der Waals surface area contributed by atoms with Crippen LogP contribution in [0.25, 0.3) is 5.69 Å². The van der Waals surface area contributed by atoms with Crippen LogP contribution in [0, 0.1) is 5.82 Å². The van der Waals surface area contributed by atoms with E-state index in [4.69, 9.17) is 0 Å². The fraction of sp³-hybridized carbons (Fsp3) is 0.211. The molecular weight excluding hydrogens is 305 g/mol. The topological polar surface area (TPSA) is 50.1 Å². The molecule has 0 radical (unpaired) electrons. The van der Waals surface area contributed by atoms with Crippen LogP contribution in [0.2, 0.25) is 0 Å². The van der Waals surface area contributed by atoms with Gasteiger partial charge in [-0.15, -0.1) is 0 Å². The van der Waals surface area contributed by atoms with Crippen LogP contribution in [0.15, 0.2) is 61.2 Å². The van der Waals surface area contributed by atoms with Gasteiger partial charge >= 0.3 is 0 Å². The van der Waals surface area contributed by atoms with Gasteiger partial charge in [-0.2, -0.15) is 0 Å². The van der Waals surface area contributed by atoms with Gasteiger partial charge in [-0.1, -0.05) is 30.3 Å². The van der Waals surface area contributed by atoms with Gasteiger partial charge in [0.15, 0.2) is 0 Å². The zero-order valence-electron chi connectivity index (χ0n) is 13.5. The van der Waals surface area contributed by atoms with Gasteiger partial charge < -0.3 is 15.0 Å². The first-order valence-electron chi connectivity index (χ1n) is 7.87. The molecule has 0 saturated heterocycles. The fourth-order valence-corrected chi connectivity index (χ4v) is 2.62. The molecule has 1 unspecified atom stereocenters. The van der Waals surface area contributed by atoms with Crippen LogP contribution in [-0.2, 0) is 13.2 Å². The lowest BCUT2D eigenvalue weighted by Gasteiger charge is -2.15. The summed E-state index contributed by atoms with van der Waals surface area (Å²) in [7, 11) is 0. The number of halogens is 1. The second-order valence-corrected chi connectivity index (χ2v) is 5.76. The molecule has 0 amide bonds. The molecule has 2 aromatic carbocycles. The summed E-state index contributed by atoms with van der Waals surface area (Å²) in [4.78, 5) is 3.94. The summed E-state index contributed by atoms with van der Waals surface area (Å²) in [6, 6.07) is 13.1. The van der Waals surface area contributed by atoms with E-state index in [9.17, 15) is 9.50 Å². The molecule has 0 aliphatic rings. The van der Waals surface area contributed by atoms with Crippen molar-refractivity contribution in [3.05, 3.63) is 83.7 Å². The second-order valence-electron chi connectivity index (χ2n) is 5.76. The number of aliphatic hydroxyl groups excluding tert-OH is 1. The van der Waals surface area contributed by atoms with Gasteiger partial charge in [-0.25, -0.2) is 9.37 Å². The number of nitrogens with one attached hydrogen (secondary N) is 1. The third-order valence-corrected chi connectivity index (χ3v) is 4.04. The summed E-state index contributed by atoms with van der Waals surface area (Å²) in [5, 5.41) is 12.6. The van der Waals surface area contributed by atoms with E-state index in [1.54, 1.807) is 35.4 Å². The number of hydrogen-bond donors (Lipinski definition) is 2. The number of aromatic nitrogens is 2. The molecule has 0 aliphatic carbocycles. The van der Waals surface area contributed by atoms with E-state index in [1.807, 2.05) is 37.3 Å². The fourth-order valence-electron chi connectivity index (χ4n) is 2.62. The summed E-state index contributed by atoms with van der Waals surface area (Å²) in [6.45, 7) is 2.64. The predicted octanol–water partition coefficient (Wildman–Crippen LogP) is 3.35. The molecule has 0 saturated carbocycles. The average Bonchev–Trinajstić information content (AvgIpc) is 3.14. The Hall–Kier alpha value is -2.50. The standard InChI is InChI=1S/C19H20FN3O/c1-14(17-4-2-3-16(9-17)12-24)22-11-15-5-6-19(18(20)10-15)23-8-7-21-13-23/h2-10,13-14,22,24H,11-12H2,1H3. The highest BCUT2D eigenvalue weighted by Crippen LogP contribution is 2.17. The summed E-state index contributed by atoms with van der Waals surface area (Å²) in [5.41, 5.74) is 3.34. The first kappa shape index (κ1) is 16.4. The minimum absolute atomic E-state index is 0.0292. The lowest BCUT2D eigenvalue weighted by Crippen LogP contribution is -2.18. The minimum Gasteiger partial charge on any atom is -0.392 e. The van der Waals surface area contributed by atoms with Crippen molar-refractivity contribution in [3.8, 4) is 5.69 Å². The maximum Gasteiger partial charge on any atom is 0.147 e. The second kappa shape index (κ2) is 7.38. The van der Waals surface area contributed by atoms with Crippen molar-refractivity contribution in [3.63, 3.8) is 0 Å². The van der Waals surface area contributed by atoms with Crippen LogP contribution in [0.3, 0.4) is 0 Å². The molecule has 1 aromatic heterocycles. The van der Waals surface area contributed by atoms with Gasteiger partial charge in [0.2, 0.25) is 0 Å². The maximum absolute atomic E-state index is 14.3. The Morgan fingerprint density at radius 2 is 2.08 bits per heavy atom. The number of imidazole rings is 1. The van der Waals surface area contributed by atoms with Crippen LogP contribution < -0.4 is 5.32 Å². The van der Waals surface area contributed by atoms with Crippen molar-refractivity contribution in [1.29, 1.82) is 0 Å². The van der Waals surface area contributed by atoms with E-state index < -0.39 is 0 Å². The van der Waals surface area contributed by atoms with Gasteiger partial charge in [0.05, 0.1) is 18.6 Å². The van der Waals surface area contributed by atoms with Crippen LogP contribution in [-0.4, -0.2) is 14.7 Å². The Labute approximate surface area is 140 Å². The van der Waals surface area contributed by atoms with E-state index in [2.05, 4.69) is 10.3 Å². The number of aliphatic hydroxyl groups is 1. The summed E-state index contributed by atoms with van der Waals surface area (Å²) in [6.07, 6.45) is 4.91. The Morgan fingerprint density at radius 1 is 1.21 bits per heavy atom. The number of benzene rings is 2. The highest BCUT2D eigenvalue weighted by atomic mass is 19.1. The van der Waals surface area contributed by atoms with Crippen molar-refractivity contribution in [2.75, 3.05) is 0 Å². The lowest BCUT2D eigenvalue weighted by atomic mass is 10.0. The molecule has 0 spiro atoms. The molecule has 5 heteroatoms. The quantitative estimate of drug-likeness (QED) is 0.731. The SMILES string of the molecule is CC(NCc1ccc(-n2ccnc2)c(F)c1)c1cccc(CO)c1. The number of rotatable bonds is 6. The molecular formula is C19H20FN3O. The van der Waals surface area contributed by atoms with Gasteiger partial charge in [-0.05, 0) is 35.7 Å². The monoisotopic (exact) mass is 325 g/mol. The van der Waals surface area contributed by atoms with Gasteiger partial charge in [0, 0.05) is 25.0 Å². The highest BCUT2D eigenvalue weighted by molar-refractivity contribution is 5.36. The third kappa shape index (κ3) is 3.69. The lowest BCUT2D eigenvalue weighted by molar-refractivity contribution is 0.281. The zero-order valence-corrected chi connectivity index (χ0v) is 13.5. The van der Waals surface area contributed by atoms with Crippen molar-refractivity contribution in [2.24, 2.45) is 0 Å². The molecule has 1 heterocycles. The Morgan fingerprint density at radius 3 is 2.79 bits per heavy atom. The van der Waals surface area contributed by atoms with Crippen molar-refractivity contribution in [1.82, 2.24) is 14.9 Å². The van der Waals surface area contributed by atoms with E-state index in [0.717, 1.165) is 16.7 Å². The third-order valence-electron chi connectivity index (χ3n) is 4.04. The van der Waals surface area contributed by atoms with Gasteiger partial charge in [0.1, 0.15) is 5.82 Å². The summed E-state index contributed by atoms with van der Waals surface area (Å²) < 4.78 is 15.9. The van der Waals surface area contributed by atoms with Crippen LogP contribution in [0.5, 0.6) is 0 Å². The summed E-state index contributed by atoms with van der Waals surface area (Å²) >= 11 is 0. The Balaban J connectivity index is 1.67. The molecule has 3 aromatic rings. The number of nitrogens with zero attached hydrogens (tertiary/aromatic N) is 2. The Bertz CT molecular complexity index is 802. The Kier molecular flexibility index (Phi) is 5.03. The maximum atomic E-state index is 14.3. The normalized spacial score (nSPS) is 12.3. The van der Waals surface area contributed by atoms with E-state index in [1.165, 1.54) is 0 Å². The van der Waals surface area contributed by atoms with E-state index in [0.29, 0.717) is 12.2 Å². The minimum atomic E-state index is -0.276. The molecule has 1 atom stereocenters. The van der Waals surface area contributed by atoms with E-state index >= 15 is 0 Å². The van der Waals surface area contributed by atoms with Crippen molar-refractivity contribution < 1.29 is 9.50 Å². The zero-order chi connectivity index (χ0) is 16.9. The molecule has 2 N–H and O–H groups in total. The number of hydrogen-bond acceptors (Lipinski definition) is 3. The van der Waals surface area contributed by atoms with Crippen LogP contribution in [0.4, 0.5) is 4.39 Å². The molecule has 4 nitrogen and oxygen atoms in total. The van der Waals surface area contributed by atoms with Gasteiger partial charge in [0.25, 0.3) is 0 Å². The van der Waals surface area contributed by atoms with Gasteiger partial charge in [-0.3, -0.25) is 0 Å². The van der Waals surface area contributed by atoms with Crippen molar-refractivity contribution in [2.45, 2.75) is 26.1 Å². The molecule has 0 fully saturated rings. The first-order valence-corrected chi connectivity index (χ1v) is 7.87. The molecule has 0 aliphatic heterocycles. The molecule has 3 rings (SSSR count). The van der Waals surface area contributed by atoms with Crippen molar-refractivity contribution >= 4 is 0 Å². The first-order chi connectivity index (χ1) is 11.7. The molecule has 0 bridgehead atoms. The largest absolute Gasteiger partial charge is 0.392 e.